The van der Waals surface area contributed by atoms with Crippen molar-refractivity contribution in [2.24, 2.45) is 5.73 Å². The van der Waals surface area contributed by atoms with Gasteiger partial charge in [-0.25, -0.2) is 4.98 Å². The van der Waals surface area contributed by atoms with Crippen LogP contribution in [0, 0.1) is 0 Å². The van der Waals surface area contributed by atoms with Gasteiger partial charge in [-0.1, -0.05) is 0 Å². The number of hydrogen-bond donors (Lipinski definition) is 1. The number of nitrogens with zero attached hydrogens (tertiary/aromatic N) is 1. The van der Waals surface area contributed by atoms with Crippen molar-refractivity contribution in [2.45, 2.75) is 37.6 Å². The van der Waals surface area contributed by atoms with Gasteiger partial charge in [0.05, 0.1) is 0 Å². The second kappa shape index (κ2) is 2.30. The van der Waals surface area contributed by atoms with E-state index in [0.29, 0.717) is 0 Å². The van der Waals surface area contributed by atoms with Gasteiger partial charge in [0.1, 0.15) is 5.01 Å². The molecular weight excluding hydrogens is 168 g/mol. The molecule has 1 aromatic rings. The molecule has 0 saturated heterocycles. The summed E-state index contributed by atoms with van der Waals surface area (Å²) in [4.78, 5) is 4.36. The summed E-state index contributed by atoms with van der Waals surface area (Å²) in [7, 11) is 0. The van der Waals surface area contributed by atoms with E-state index in [4.69, 9.17) is 5.73 Å². The predicted molar refractivity (Wildman–Crippen MR) is 51.3 cm³/mol. The maximum atomic E-state index is 6.13. The molecule has 0 aromatic carbocycles. The van der Waals surface area contributed by atoms with Gasteiger partial charge < -0.3 is 5.73 Å². The number of hydrogen-bond acceptors (Lipinski definition) is 3. The van der Waals surface area contributed by atoms with Crippen LogP contribution in [0.15, 0.2) is 11.6 Å². The molecule has 1 aromatic heterocycles. The second-order valence-corrected chi connectivity index (χ2v) is 5.04. The molecule has 0 aliphatic heterocycles. The lowest BCUT2D eigenvalue weighted by molar-refractivity contribution is 0.390. The van der Waals surface area contributed by atoms with Gasteiger partial charge in [-0.2, -0.15) is 0 Å². The van der Waals surface area contributed by atoms with Crippen LogP contribution in [-0.4, -0.2) is 10.5 Å². The highest BCUT2D eigenvalue weighted by molar-refractivity contribution is 7.09. The molecule has 12 heavy (non-hydrogen) atoms. The average molecular weight is 182 g/mol. The molecule has 1 aliphatic carbocycles. The van der Waals surface area contributed by atoms with Gasteiger partial charge in [0, 0.05) is 22.5 Å². The van der Waals surface area contributed by atoms with Crippen LogP contribution in [0.25, 0.3) is 0 Å². The summed E-state index contributed by atoms with van der Waals surface area (Å²) in [6, 6.07) is 0. The second-order valence-electron chi connectivity index (χ2n) is 4.14. The lowest BCUT2D eigenvalue weighted by Gasteiger charge is -2.28. The molecule has 1 saturated carbocycles. The van der Waals surface area contributed by atoms with E-state index in [1.807, 2.05) is 11.6 Å². The van der Waals surface area contributed by atoms with E-state index in [9.17, 15) is 0 Å². The van der Waals surface area contributed by atoms with Gasteiger partial charge in [0.2, 0.25) is 0 Å². The molecule has 0 bridgehead atoms. The molecule has 2 nitrogen and oxygen atoms in total. The van der Waals surface area contributed by atoms with Crippen molar-refractivity contribution in [3.8, 4) is 0 Å². The maximum Gasteiger partial charge on any atom is 0.100 e. The molecule has 0 spiro atoms. The fraction of sp³-hybridized carbons (Fsp3) is 0.667. The maximum absolute atomic E-state index is 6.13. The fourth-order valence-corrected chi connectivity index (χ4v) is 2.78. The van der Waals surface area contributed by atoms with Crippen LogP contribution in [0.2, 0.25) is 0 Å². The van der Waals surface area contributed by atoms with Crippen molar-refractivity contribution < 1.29 is 0 Å². The van der Waals surface area contributed by atoms with E-state index >= 15 is 0 Å². The summed E-state index contributed by atoms with van der Waals surface area (Å²) >= 11 is 1.73. The Morgan fingerprint density at radius 3 is 2.58 bits per heavy atom. The van der Waals surface area contributed by atoms with Gasteiger partial charge in [-0.05, 0) is 26.7 Å². The summed E-state index contributed by atoms with van der Waals surface area (Å²) in [6.45, 7) is 4.20. The van der Waals surface area contributed by atoms with Crippen LogP contribution in [0.5, 0.6) is 0 Å². The monoisotopic (exact) mass is 182 g/mol. The molecule has 0 radical (unpaired) electrons. The van der Waals surface area contributed by atoms with Gasteiger partial charge in [-0.15, -0.1) is 11.3 Å². The summed E-state index contributed by atoms with van der Waals surface area (Å²) in [5.74, 6) is 0. The topological polar surface area (TPSA) is 38.9 Å². The molecule has 2 N–H and O–H groups in total. The number of nitrogens with two attached hydrogens (primary N) is 1. The first kappa shape index (κ1) is 8.20. The number of rotatable bonds is 2. The van der Waals surface area contributed by atoms with Crippen molar-refractivity contribution >= 4 is 11.3 Å². The SMILES string of the molecule is CC(C)(N)C1(c2nccs2)CC1. The lowest BCUT2D eigenvalue weighted by atomic mass is 9.86. The van der Waals surface area contributed by atoms with Crippen LogP contribution >= 0.6 is 11.3 Å². The van der Waals surface area contributed by atoms with Gasteiger partial charge in [0.15, 0.2) is 0 Å². The highest BCUT2D eigenvalue weighted by Gasteiger charge is 2.55. The van der Waals surface area contributed by atoms with Crippen LogP contribution in [0.1, 0.15) is 31.7 Å². The van der Waals surface area contributed by atoms with E-state index in [1.54, 1.807) is 11.3 Å². The Kier molecular flexibility index (Phi) is 1.57. The Hall–Kier alpha value is -0.410. The van der Waals surface area contributed by atoms with E-state index in [2.05, 4.69) is 18.8 Å². The first-order valence-electron chi connectivity index (χ1n) is 4.25. The van der Waals surface area contributed by atoms with Crippen LogP contribution < -0.4 is 5.73 Å². The average Bonchev–Trinajstić information content (AvgIpc) is 2.61. The molecule has 1 aliphatic rings. The summed E-state index contributed by atoms with van der Waals surface area (Å²) in [6.07, 6.45) is 4.26. The molecular formula is C9H14N2S. The van der Waals surface area contributed by atoms with E-state index in [1.165, 1.54) is 17.8 Å². The zero-order chi connectivity index (χ0) is 8.82. The molecule has 2 rings (SSSR count). The van der Waals surface area contributed by atoms with E-state index in [-0.39, 0.29) is 11.0 Å². The number of aromatic nitrogens is 1. The van der Waals surface area contributed by atoms with Crippen molar-refractivity contribution in [1.82, 2.24) is 4.98 Å². The van der Waals surface area contributed by atoms with Crippen LogP contribution in [0.3, 0.4) is 0 Å². The molecule has 0 amide bonds. The lowest BCUT2D eigenvalue weighted by Crippen LogP contribution is -2.45. The first-order valence-corrected chi connectivity index (χ1v) is 5.13. The van der Waals surface area contributed by atoms with E-state index < -0.39 is 0 Å². The molecule has 0 unspecified atom stereocenters. The molecule has 1 heterocycles. The highest BCUT2D eigenvalue weighted by atomic mass is 32.1. The van der Waals surface area contributed by atoms with Gasteiger partial charge >= 0.3 is 0 Å². The minimum atomic E-state index is -0.120. The van der Waals surface area contributed by atoms with Crippen LogP contribution in [0.4, 0.5) is 0 Å². The van der Waals surface area contributed by atoms with Crippen molar-refractivity contribution in [3.05, 3.63) is 16.6 Å². The quantitative estimate of drug-likeness (QED) is 0.759. The molecule has 1 fully saturated rings. The van der Waals surface area contributed by atoms with Crippen molar-refractivity contribution in [3.63, 3.8) is 0 Å². The standard InChI is InChI=1S/C9H14N2S/c1-8(2,10)9(3-4-9)7-11-5-6-12-7/h5-6H,3-4,10H2,1-2H3. The highest BCUT2D eigenvalue weighted by Crippen LogP contribution is 2.55. The smallest absolute Gasteiger partial charge is 0.100 e. The summed E-state index contributed by atoms with van der Waals surface area (Å²) in [5, 5.41) is 3.25. The number of thiazole rings is 1. The Morgan fingerprint density at radius 1 is 1.58 bits per heavy atom. The third kappa shape index (κ3) is 1.00. The third-order valence-corrected chi connectivity index (χ3v) is 3.80. The zero-order valence-corrected chi connectivity index (χ0v) is 8.32. The minimum Gasteiger partial charge on any atom is -0.325 e. The van der Waals surface area contributed by atoms with Crippen LogP contribution in [-0.2, 0) is 5.41 Å². The summed E-state index contributed by atoms with van der Waals surface area (Å²) < 4.78 is 0. The Bertz CT molecular complexity index is 267. The van der Waals surface area contributed by atoms with Crippen molar-refractivity contribution in [2.75, 3.05) is 0 Å². The Morgan fingerprint density at radius 2 is 2.25 bits per heavy atom. The largest absolute Gasteiger partial charge is 0.325 e. The summed E-state index contributed by atoms with van der Waals surface area (Å²) in [5.41, 5.74) is 6.21. The fourth-order valence-electron chi connectivity index (χ4n) is 1.72. The molecule has 0 atom stereocenters. The predicted octanol–water partition coefficient (Wildman–Crippen LogP) is 1.91. The van der Waals surface area contributed by atoms with Gasteiger partial charge in [0.25, 0.3) is 0 Å². The van der Waals surface area contributed by atoms with Crippen molar-refractivity contribution in [1.29, 1.82) is 0 Å². The zero-order valence-electron chi connectivity index (χ0n) is 7.50. The molecule has 66 valence electrons. The normalized spacial score (nSPS) is 20.9. The third-order valence-electron chi connectivity index (χ3n) is 2.83. The van der Waals surface area contributed by atoms with Gasteiger partial charge in [-0.3, -0.25) is 0 Å². The molecule has 3 heteroatoms. The first-order chi connectivity index (χ1) is 5.56. The Labute approximate surface area is 76.8 Å². The Balaban J connectivity index is 2.35. The minimum absolute atomic E-state index is 0.120. The van der Waals surface area contributed by atoms with E-state index in [0.717, 1.165) is 0 Å².